The number of hydrogen-bond donors (Lipinski definition) is 1. The van der Waals surface area contributed by atoms with Crippen LogP contribution in [0.25, 0.3) is 10.9 Å². The average Bonchev–Trinajstić information content (AvgIpc) is 2.52. The molecule has 0 amide bonds. The van der Waals surface area contributed by atoms with Gasteiger partial charge in [-0.25, -0.2) is 4.39 Å². The Morgan fingerprint density at radius 1 is 1.14 bits per heavy atom. The summed E-state index contributed by atoms with van der Waals surface area (Å²) in [5.74, 6) is -0.343. The van der Waals surface area contributed by atoms with Crippen LogP contribution in [0.4, 0.5) is 10.1 Å². The van der Waals surface area contributed by atoms with Crippen LogP contribution in [-0.4, -0.2) is 16.5 Å². The van der Waals surface area contributed by atoms with E-state index in [4.69, 9.17) is 11.6 Å². The molecule has 0 aliphatic rings. The average molecular weight is 302 g/mol. The lowest BCUT2D eigenvalue weighted by atomic mass is 10.1. The van der Waals surface area contributed by atoms with Gasteiger partial charge in [0, 0.05) is 30.0 Å². The Kier molecular flexibility index (Phi) is 3.97. The fourth-order valence-corrected chi connectivity index (χ4v) is 2.42. The van der Waals surface area contributed by atoms with Crippen LogP contribution >= 0.6 is 11.6 Å². The van der Waals surface area contributed by atoms with E-state index in [0.29, 0.717) is 18.5 Å². The van der Waals surface area contributed by atoms with Gasteiger partial charge in [0.05, 0.1) is 16.7 Å². The van der Waals surface area contributed by atoms with Crippen LogP contribution in [0.2, 0.25) is 5.02 Å². The highest BCUT2D eigenvalue weighted by molar-refractivity contribution is 6.30. The standard InChI is InChI=1S/C16H13ClFN3/c17-13-3-1-2-11(16(13)18)4-8-20-14-6-9-21-15-10-19-7-5-12(14)15/h1-3,5-7,9-10H,4,8H2,(H,20,21). The molecule has 0 aliphatic heterocycles. The van der Waals surface area contributed by atoms with Gasteiger partial charge in [0.1, 0.15) is 5.82 Å². The van der Waals surface area contributed by atoms with E-state index < -0.39 is 0 Å². The van der Waals surface area contributed by atoms with Gasteiger partial charge >= 0.3 is 0 Å². The van der Waals surface area contributed by atoms with Gasteiger partial charge in [-0.2, -0.15) is 0 Å². The highest BCUT2D eigenvalue weighted by atomic mass is 35.5. The number of nitrogens with zero attached hydrogens (tertiary/aromatic N) is 2. The molecule has 0 unspecified atom stereocenters. The van der Waals surface area contributed by atoms with E-state index in [9.17, 15) is 4.39 Å². The Balaban J connectivity index is 1.74. The molecule has 3 aromatic rings. The summed E-state index contributed by atoms with van der Waals surface area (Å²) in [4.78, 5) is 8.30. The first kappa shape index (κ1) is 13.8. The molecule has 0 atom stereocenters. The van der Waals surface area contributed by atoms with Crippen LogP contribution in [0.1, 0.15) is 5.56 Å². The number of fused-ring (bicyclic) bond motifs is 1. The first-order valence-corrected chi connectivity index (χ1v) is 6.99. The minimum Gasteiger partial charge on any atom is -0.384 e. The van der Waals surface area contributed by atoms with Crippen molar-refractivity contribution in [3.8, 4) is 0 Å². The van der Waals surface area contributed by atoms with E-state index >= 15 is 0 Å². The Hall–Kier alpha value is -2.20. The molecule has 1 N–H and O–H groups in total. The fraction of sp³-hybridized carbons (Fsp3) is 0.125. The summed E-state index contributed by atoms with van der Waals surface area (Å²) in [6.45, 7) is 0.610. The van der Waals surface area contributed by atoms with Crippen molar-refractivity contribution in [3.63, 3.8) is 0 Å². The second-order valence-corrected chi connectivity index (χ2v) is 5.05. The lowest BCUT2D eigenvalue weighted by Crippen LogP contribution is -2.07. The van der Waals surface area contributed by atoms with Crippen molar-refractivity contribution in [1.82, 2.24) is 9.97 Å². The summed E-state index contributed by atoms with van der Waals surface area (Å²) in [7, 11) is 0. The van der Waals surface area contributed by atoms with Crippen LogP contribution in [-0.2, 0) is 6.42 Å². The largest absolute Gasteiger partial charge is 0.384 e. The quantitative estimate of drug-likeness (QED) is 0.789. The summed E-state index contributed by atoms with van der Waals surface area (Å²) in [5.41, 5.74) is 2.40. The van der Waals surface area contributed by atoms with Crippen molar-refractivity contribution in [1.29, 1.82) is 0 Å². The summed E-state index contributed by atoms with van der Waals surface area (Å²) >= 11 is 5.78. The lowest BCUT2D eigenvalue weighted by Gasteiger charge is -2.10. The third-order valence-electron chi connectivity index (χ3n) is 3.29. The molecule has 1 aromatic carbocycles. The molecule has 0 fully saturated rings. The molecule has 3 rings (SSSR count). The summed E-state index contributed by atoms with van der Waals surface area (Å²) in [5, 5.41) is 4.46. The van der Waals surface area contributed by atoms with Crippen molar-refractivity contribution < 1.29 is 4.39 Å². The number of halogens is 2. The summed E-state index contributed by atoms with van der Waals surface area (Å²) < 4.78 is 13.8. The Morgan fingerprint density at radius 2 is 2.05 bits per heavy atom. The van der Waals surface area contributed by atoms with Crippen LogP contribution in [0.15, 0.2) is 48.9 Å². The third-order valence-corrected chi connectivity index (χ3v) is 3.58. The van der Waals surface area contributed by atoms with Crippen molar-refractivity contribution >= 4 is 28.2 Å². The zero-order valence-corrected chi connectivity index (χ0v) is 11.9. The van der Waals surface area contributed by atoms with Crippen LogP contribution < -0.4 is 5.32 Å². The maximum absolute atomic E-state index is 13.8. The van der Waals surface area contributed by atoms with Crippen LogP contribution in [0.3, 0.4) is 0 Å². The van der Waals surface area contributed by atoms with Crippen LogP contribution in [0, 0.1) is 5.82 Å². The second-order valence-electron chi connectivity index (χ2n) is 4.64. The monoisotopic (exact) mass is 301 g/mol. The molecule has 0 aliphatic carbocycles. The number of aromatic nitrogens is 2. The molecule has 0 spiro atoms. The predicted molar refractivity (Wildman–Crippen MR) is 83.1 cm³/mol. The number of anilines is 1. The SMILES string of the molecule is Fc1c(Cl)cccc1CCNc1ccnc2cnccc12. The predicted octanol–water partition coefficient (Wildman–Crippen LogP) is 4.08. The molecule has 0 saturated heterocycles. The molecule has 3 nitrogen and oxygen atoms in total. The van der Waals surface area contributed by atoms with Gasteiger partial charge in [-0.05, 0) is 30.2 Å². The molecular formula is C16H13ClFN3. The van der Waals surface area contributed by atoms with Gasteiger partial charge in [-0.3, -0.25) is 9.97 Å². The Morgan fingerprint density at radius 3 is 2.95 bits per heavy atom. The Bertz CT molecular complexity index is 771. The summed E-state index contributed by atoms with van der Waals surface area (Å²) in [6.07, 6.45) is 5.73. The Labute approximate surface area is 126 Å². The first-order valence-electron chi connectivity index (χ1n) is 6.61. The molecule has 0 radical (unpaired) electrons. The van der Waals surface area contributed by atoms with Gasteiger partial charge in [-0.1, -0.05) is 23.7 Å². The van der Waals surface area contributed by atoms with Crippen molar-refractivity contribution in [2.24, 2.45) is 0 Å². The van der Waals surface area contributed by atoms with E-state index in [0.717, 1.165) is 16.6 Å². The van der Waals surface area contributed by atoms with E-state index in [1.54, 1.807) is 36.8 Å². The zero-order chi connectivity index (χ0) is 14.7. The van der Waals surface area contributed by atoms with Crippen molar-refractivity contribution in [2.75, 3.05) is 11.9 Å². The van der Waals surface area contributed by atoms with Crippen LogP contribution in [0.5, 0.6) is 0 Å². The minimum absolute atomic E-state index is 0.160. The van der Waals surface area contributed by atoms with Gasteiger partial charge < -0.3 is 5.32 Å². The molecule has 2 heterocycles. The van der Waals surface area contributed by atoms with Gasteiger partial charge in [-0.15, -0.1) is 0 Å². The summed E-state index contributed by atoms with van der Waals surface area (Å²) in [6, 6.07) is 8.87. The molecule has 2 aromatic heterocycles. The molecule has 0 bridgehead atoms. The topological polar surface area (TPSA) is 37.8 Å². The maximum atomic E-state index is 13.8. The fourth-order valence-electron chi connectivity index (χ4n) is 2.23. The van der Waals surface area contributed by atoms with Gasteiger partial charge in [0.2, 0.25) is 0 Å². The number of rotatable bonds is 4. The highest BCUT2D eigenvalue weighted by Crippen LogP contribution is 2.21. The number of benzene rings is 1. The number of hydrogen-bond acceptors (Lipinski definition) is 3. The zero-order valence-electron chi connectivity index (χ0n) is 11.2. The number of pyridine rings is 2. The van der Waals surface area contributed by atoms with E-state index in [1.165, 1.54) is 0 Å². The van der Waals surface area contributed by atoms with E-state index in [-0.39, 0.29) is 10.8 Å². The normalized spacial score (nSPS) is 10.8. The molecule has 0 saturated carbocycles. The minimum atomic E-state index is -0.343. The molecule has 21 heavy (non-hydrogen) atoms. The van der Waals surface area contributed by atoms with Crippen molar-refractivity contribution in [2.45, 2.75) is 6.42 Å². The van der Waals surface area contributed by atoms with E-state index in [2.05, 4.69) is 15.3 Å². The highest BCUT2D eigenvalue weighted by Gasteiger charge is 2.06. The maximum Gasteiger partial charge on any atom is 0.145 e. The third kappa shape index (κ3) is 2.95. The van der Waals surface area contributed by atoms with Gasteiger partial charge in [0.15, 0.2) is 0 Å². The lowest BCUT2D eigenvalue weighted by molar-refractivity contribution is 0.611. The smallest absolute Gasteiger partial charge is 0.145 e. The number of nitrogens with one attached hydrogen (secondary N) is 1. The molecule has 5 heteroatoms. The molecule has 106 valence electrons. The van der Waals surface area contributed by atoms with E-state index in [1.807, 2.05) is 12.1 Å². The molecular weight excluding hydrogens is 289 g/mol. The van der Waals surface area contributed by atoms with Crippen molar-refractivity contribution in [3.05, 3.63) is 65.3 Å². The first-order chi connectivity index (χ1) is 10.3. The second kappa shape index (κ2) is 6.06. The van der Waals surface area contributed by atoms with Gasteiger partial charge in [0.25, 0.3) is 0 Å².